The number of hydrazine groups is 1. The molecular formula is C19H19N3O3S. The van der Waals surface area contributed by atoms with E-state index in [1.807, 2.05) is 41.9 Å². The fourth-order valence-electron chi connectivity index (χ4n) is 2.81. The lowest BCUT2D eigenvalue weighted by Gasteiger charge is -2.08. The maximum atomic E-state index is 12.4. The van der Waals surface area contributed by atoms with Crippen molar-refractivity contribution in [2.24, 2.45) is 7.05 Å². The van der Waals surface area contributed by atoms with Gasteiger partial charge in [-0.1, -0.05) is 30.3 Å². The molecule has 6 nitrogen and oxygen atoms in total. The van der Waals surface area contributed by atoms with Crippen LogP contribution in [0.2, 0.25) is 0 Å². The van der Waals surface area contributed by atoms with E-state index >= 15 is 0 Å². The van der Waals surface area contributed by atoms with Gasteiger partial charge in [0.05, 0.1) is 5.56 Å². The first kappa shape index (κ1) is 17.9. The predicted octanol–water partition coefficient (Wildman–Crippen LogP) is 2.13. The Morgan fingerprint density at radius 1 is 1.04 bits per heavy atom. The fourth-order valence-corrected chi connectivity index (χ4v) is 3.46. The van der Waals surface area contributed by atoms with Crippen LogP contribution in [-0.2, 0) is 23.6 Å². The summed E-state index contributed by atoms with van der Waals surface area (Å²) in [4.78, 5) is 24.7. The number of carbonyl (C=O) groups excluding carboxylic acids is 2. The quantitative estimate of drug-likeness (QED) is 0.692. The summed E-state index contributed by atoms with van der Waals surface area (Å²) in [6.07, 6.45) is 3.33. The Kier molecular flexibility index (Phi) is 5.18. The number of rotatable bonds is 4. The van der Waals surface area contributed by atoms with Crippen molar-refractivity contribution in [1.29, 1.82) is 0 Å². The average Bonchev–Trinajstić information content (AvgIpc) is 2.96. The first-order valence-corrected chi connectivity index (χ1v) is 9.72. The third kappa shape index (κ3) is 3.83. The second-order valence-electron chi connectivity index (χ2n) is 6.00. The Bertz CT molecular complexity index is 1010. The molecule has 2 amide bonds. The van der Waals surface area contributed by atoms with Gasteiger partial charge in [0.2, 0.25) is 0 Å². The Balaban J connectivity index is 1.71. The molecule has 0 bridgehead atoms. The number of benzene rings is 2. The topological polar surface area (TPSA) is 80.2 Å². The van der Waals surface area contributed by atoms with Crippen LogP contribution in [0, 0.1) is 0 Å². The SMILES string of the molecule is Cn1cc(C(=O)NNC(=O)c2cccc(CS(C)=O)c2)c2ccccc21. The van der Waals surface area contributed by atoms with E-state index in [9.17, 15) is 13.8 Å². The highest BCUT2D eigenvalue weighted by Crippen LogP contribution is 2.19. The van der Waals surface area contributed by atoms with Gasteiger partial charge in [0.15, 0.2) is 0 Å². The monoisotopic (exact) mass is 369 g/mol. The van der Waals surface area contributed by atoms with Crippen LogP contribution in [0.3, 0.4) is 0 Å². The molecule has 0 radical (unpaired) electrons. The first-order chi connectivity index (χ1) is 12.5. The molecule has 2 N–H and O–H groups in total. The molecule has 0 aliphatic rings. The molecule has 1 unspecified atom stereocenters. The van der Waals surface area contributed by atoms with E-state index in [-0.39, 0.29) is 5.91 Å². The molecule has 134 valence electrons. The molecule has 0 fully saturated rings. The molecule has 3 rings (SSSR count). The van der Waals surface area contributed by atoms with Gasteiger partial charge in [-0.05, 0) is 23.8 Å². The molecule has 1 heterocycles. The van der Waals surface area contributed by atoms with Crippen molar-refractivity contribution in [2.75, 3.05) is 6.26 Å². The van der Waals surface area contributed by atoms with Crippen molar-refractivity contribution in [1.82, 2.24) is 15.4 Å². The van der Waals surface area contributed by atoms with E-state index in [1.54, 1.807) is 30.7 Å². The summed E-state index contributed by atoms with van der Waals surface area (Å²) in [7, 11) is 0.873. The summed E-state index contributed by atoms with van der Waals surface area (Å²) in [5, 5.41) is 0.814. The first-order valence-electron chi connectivity index (χ1n) is 7.99. The Labute approximate surface area is 153 Å². The van der Waals surface area contributed by atoms with E-state index in [0.29, 0.717) is 16.9 Å². The summed E-state index contributed by atoms with van der Waals surface area (Å²) in [6.45, 7) is 0. The van der Waals surface area contributed by atoms with Gasteiger partial charge in [-0.2, -0.15) is 0 Å². The maximum Gasteiger partial charge on any atom is 0.271 e. The number of nitrogens with one attached hydrogen (secondary N) is 2. The lowest BCUT2D eigenvalue weighted by molar-refractivity contribution is 0.0847. The molecule has 7 heteroatoms. The summed E-state index contributed by atoms with van der Waals surface area (Å²) in [6, 6.07) is 14.4. The van der Waals surface area contributed by atoms with Crippen molar-refractivity contribution in [2.45, 2.75) is 5.75 Å². The fraction of sp³-hybridized carbons (Fsp3) is 0.158. The number of amides is 2. The Morgan fingerprint density at radius 2 is 1.77 bits per heavy atom. The molecule has 0 aliphatic carbocycles. The van der Waals surface area contributed by atoms with Gasteiger partial charge in [-0.15, -0.1) is 0 Å². The summed E-state index contributed by atoms with van der Waals surface area (Å²) in [5.41, 5.74) is 7.50. The Morgan fingerprint density at radius 3 is 2.54 bits per heavy atom. The molecule has 0 aliphatic heterocycles. The molecule has 0 saturated heterocycles. The highest BCUT2D eigenvalue weighted by atomic mass is 32.2. The Hall–Kier alpha value is -2.93. The number of hydrogen-bond acceptors (Lipinski definition) is 3. The van der Waals surface area contributed by atoms with Crippen molar-refractivity contribution < 1.29 is 13.8 Å². The van der Waals surface area contributed by atoms with E-state index in [2.05, 4.69) is 10.9 Å². The standard InChI is InChI=1S/C19H19N3O3S/c1-22-11-16(15-8-3-4-9-17(15)22)19(24)21-20-18(23)14-7-5-6-13(10-14)12-26(2)25/h3-11H,12H2,1-2H3,(H,20,23)(H,21,24). The van der Waals surface area contributed by atoms with Crippen LogP contribution >= 0.6 is 0 Å². The lowest BCUT2D eigenvalue weighted by atomic mass is 10.1. The average molecular weight is 369 g/mol. The van der Waals surface area contributed by atoms with E-state index in [0.717, 1.165) is 16.5 Å². The normalized spacial score (nSPS) is 11.9. The molecular weight excluding hydrogens is 350 g/mol. The van der Waals surface area contributed by atoms with E-state index in [4.69, 9.17) is 0 Å². The summed E-state index contributed by atoms with van der Waals surface area (Å²) < 4.78 is 13.2. The molecule has 2 aromatic carbocycles. The predicted molar refractivity (Wildman–Crippen MR) is 102 cm³/mol. The minimum absolute atomic E-state index is 0.378. The van der Waals surface area contributed by atoms with Gasteiger partial charge >= 0.3 is 0 Å². The molecule has 0 spiro atoms. The summed E-state index contributed by atoms with van der Waals surface area (Å²) in [5.74, 6) is -0.438. The number of hydrogen-bond donors (Lipinski definition) is 2. The van der Waals surface area contributed by atoms with Crippen LogP contribution in [0.4, 0.5) is 0 Å². The largest absolute Gasteiger partial charge is 0.350 e. The van der Waals surface area contributed by atoms with Gasteiger partial charge < -0.3 is 4.57 Å². The van der Waals surface area contributed by atoms with E-state index < -0.39 is 16.7 Å². The maximum absolute atomic E-state index is 12.4. The van der Waals surface area contributed by atoms with Gasteiger partial charge in [-0.3, -0.25) is 24.6 Å². The number of aryl methyl sites for hydroxylation is 1. The third-order valence-electron chi connectivity index (χ3n) is 3.99. The van der Waals surface area contributed by atoms with Crippen molar-refractivity contribution >= 4 is 33.5 Å². The zero-order valence-corrected chi connectivity index (χ0v) is 15.3. The zero-order valence-electron chi connectivity index (χ0n) is 14.5. The highest BCUT2D eigenvalue weighted by molar-refractivity contribution is 7.83. The number of fused-ring (bicyclic) bond motifs is 1. The molecule has 1 atom stereocenters. The van der Waals surface area contributed by atoms with Crippen LogP contribution in [0.25, 0.3) is 10.9 Å². The van der Waals surface area contributed by atoms with Crippen LogP contribution in [0.5, 0.6) is 0 Å². The van der Waals surface area contributed by atoms with Crippen LogP contribution < -0.4 is 10.9 Å². The van der Waals surface area contributed by atoms with Gasteiger partial charge in [-0.25, -0.2) is 0 Å². The number of nitrogens with zero attached hydrogens (tertiary/aromatic N) is 1. The molecule has 1 aromatic heterocycles. The molecule has 3 aromatic rings. The van der Waals surface area contributed by atoms with Crippen LogP contribution in [-0.4, -0.2) is 26.8 Å². The van der Waals surface area contributed by atoms with Crippen molar-refractivity contribution in [3.8, 4) is 0 Å². The van der Waals surface area contributed by atoms with Gasteiger partial charge in [0.25, 0.3) is 11.8 Å². The lowest BCUT2D eigenvalue weighted by Crippen LogP contribution is -2.41. The van der Waals surface area contributed by atoms with Crippen LogP contribution in [0.1, 0.15) is 26.3 Å². The number of para-hydroxylation sites is 1. The molecule has 0 saturated carbocycles. The third-order valence-corrected chi connectivity index (χ3v) is 4.73. The smallest absolute Gasteiger partial charge is 0.271 e. The van der Waals surface area contributed by atoms with Gasteiger partial charge in [0.1, 0.15) is 0 Å². The van der Waals surface area contributed by atoms with Gasteiger partial charge in [0, 0.05) is 52.5 Å². The molecule has 26 heavy (non-hydrogen) atoms. The summed E-state index contributed by atoms with van der Waals surface area (Å²) >= 11 is 0. The number of aromatic nitrogens is 1. The number of carbonyl (C=O) groups is 2. The highest BCUT2D eigenvalue weighted by Gasteiger charge is 2.15. The van der Waals surface area contributed by atoms with Crippen molar-refractivity contribution in [3.05, 3.63) is 71.4 Å². The second-order valence-corrected chi connectivity index (χ2v) is 7.43. The van der Waals surface area contributed by atoms with Crippen LogP contribution in [0.15, 0.2) is 54.7 Å². The van der Waals surface area contributed by atoms with Crippen molar-refractivity contribution in [3.63, 3.8) is 0 Å². The minimum Gasteiger partial charge on any atom is -0.350 e. The minimum atomic E-state index is -0.989. The zero-order chi connectivity index (χ0) is 18.7. The second kappa shape index (κ2) is 7.53. The van der Waals surface area contributed by atoms with E-state index in [1.165, 1.54) is 0 Å².